The molecule has 1 aromatic heterocycles. The molecule has 2 nitrogen and oxygen atoms in total. The molecule has 0 radical (unpaired) electrons. The Hall–Kier alpha value is -0.760. The Morgan fingerprint density at radius 1 is 1.29 bits per heavy atom. The van der Waals surface area contributed by atoms with Crippen molar-refractivity contribution >= 4 is 0 Å². The fraction of sp³-hybridized carbons (Fsp3) is 0.667. The number of rotatable bonds is 1. The van der Waals surface area contributed by atoms with E-state index >= 15 is 0 Å². The fourth-order valence-electron chi connectivity index (χ4n) is 2.46. The van der Waals surface area contributed by atoms with E-state index in [0.717, 1.165) is 19.4 Å². The first kappa shape index (κ1) is 9.78. The number of aryl methyl sites for hydroxylation is 2. The largest absolute Gasteiger partial charge is 0.378 e. The predicted octanol–water partition coefficient (Wildman–Crippen LogP) is 2.84. The van der Waals surface area contributed by atoms with Crippen molar-refractivity contribution in [1.82, 2.24) is 4.57 Å². The van der Waals surface area contributed by atoms with Crippen LogP contribution < -0.4 is 0 Å². The predicted molar refractivity (Wildman–Crippen MR) is 57.6 cm³/mol. The molecule has 0 amide bonds. The molecule has 1 aliphatic heterocycles. The van der Waals surface area contributed by atoms with Gasteiger partial charge < -0.3 is 9.30 Å². The zero-order valence-corrected chi connectivity index (χ0v) is 9.29. The highest BCUT2D eigenvalue weighted by Gasteiger charge is 2.22. The zero-order valence-electron chi connectivity index (χ0n) is 9.29. The monoisotopic (exact) mass is 193 g/mol. The van der Waals surface area contributed by atoms with Gasteiger partial charge in [-0.05, 0) is 45.7 Å². The van der Waals surface area contributed by atoms with Crippen LogP contribution in [-0.4, -0.2) is 17.3 Å². The lowest BCUT2D eigenvalue weighted by Crippen LogP contribution is -2.26. The Morgan fingerprint density at radius 3 is 2.50 bits per heavy atom. The summed E-state index contributed by atoms with van der Waals surface area (Å²) in [6.07, 6.45) is 2.71. The number of aromatic nitrogens is 1. The molecule has 1 fully saturated rings. The third-order valence-corrected chi connectivity index (χ3v) is 3.15. The van der Waals surface area contributed by atoms with Gasteiger partial charge in [0.05, 0.1) is 6.10 Å². The van der Waals surface area contributed by atoms with Gasteiger partial charge in [-0.15, -0.1) is 0 Å². The fourth-order valence-corrected chi connectivity index (χ4v) is 2.46. The third kappa shape index (κ3) is 1.71. The second-order valence-electron chi connectivity index (χ2n) is 4.35. The van der Waals surface area contributed by atoms with Gasteiger partial charge in [-0.1, -0.05) is 0 Å². The molecule has 2 heteroatoms. The molecule has 1 aromatic rings. The second-order valence-corrected chi connectivity index (χ2v) is 4.35. The van der Waals surface area contributed by atoms with Crippen molar-refractivity contribution < 1.29 is 4.74 Å². The van der Waals surface area contributed by atoms with E-state index in [2.05, 4.69) is 37.5 Å². The summed E-state index contributed by atoms with van der Waals surface area (Å²) in [7, 11) is 0. The van der Waals surface area contributed by atoms with Gasteiger partial charge in [0.2, 0.25) is 0 Å². The number of nitrogens with zero attached hydrogens (tertiary/aromatic N) is 1. The smallest absolute Gasteiger partial charge is 0.0566 e. The van der Waals surface area contributed by atoms with Gasteiger partial charge >= 0.3 is 0 Å². The van der Waals surface area contributed by atoms with E-state index in [1.807, 2.05) is 0 Å². The molecule has 78 valence electrons. The van der Waals surface area contributed by atoms with Gasteiger partial charge in [0.25, 0.3) is 0 Å². The molecule has 0 N–H and O–H groups in total. The minimum atomic E-state index is 0.412. The first-order valence-corrected chi connectivity index (χ1v) is 5.44. The van der Waals surface area contributed by atoms with Crippen molar-refractivity contribution in [3.8, 4) is 0 Å². The molecule has 14 heavy (non-hydrogen) atoms. The molecule has 0 saturated carbocycles. The first-order chi connectivity index (χ1) is 6.68. The second kappa shape index (κ2) is 3.77. The number of hydrogen-bond acceptors (Lipinski definition) is 1. The van der Waals surface area contributed by atoms with Crippen molar-refractivity contribution in [3.63, 3.8) is 0 Å². The summed E-state index contributed by atoms with van der Waals surface area (Å²) in [5.41, 5.74) is 2.75. The summed E-state index contributed by atoms with van der Waals surface area (Å²) >= 11 is 0. The Labute approximate surface area is 85.9 Å². The van der Waals surface area contributed by atoms with E-state index < -0.39 is 0 Å². The van der Waals surface area contributed by atoms with E-state index in [-0.39, 0.29) is 0 Å². The zero-order chi connectivity index (χ0) is 10.1. The normalized spacial score (nSPS) is 27.9. The maximum Gasteiger partial charge on any atom is 0.0566 e. The van der Waals surface area contributed by atoms with E-state index in [9.17, 15) is 0 Å². The van der Waals surface area contributed by atoms with Crippen LogP contribution in [0.4, 0.5) is 0 Å². The van der Waals surface area contributed by atoms with Crippen molar-refractivity contribution in [3.05, 3.63) is 23.5 Å². The molecule has 2 heterocycles. The molecule has 2 atom stereocenters. The first-order valence-electron chi connectivity index (χ1n) is 5.44. The summed E-state index contributed by atoms with van der Waals surface area (Å²) in [6.45, 7) is 7.45. The van der Waals surface area contributed by atoms with E-state index in [1.54, 1.807) is 0 Å². The Morgan fingerprint density at radius 2 is 1.93 bits per heavy atom. The van der Waals surface area contributed by atoms with Crippen LogP contribution in [0.15, 0.2) is 12.1 Å². The van der Waals surface area contributed by atoms with E-state index in [4.69, 9.17) is 4.74 Å². The van der Waals surface area contributed by atoms with Crippen LogP contribution in [0.5, 0.6) is 0 Å². The van der Waals surface area contributed by atoms with Gasteiger partial charge in [0.15, 0.2) is 0 Å². The lowest BCUT2D eigenvalue weighted by Gasteiger charge is -2.30. The van der Waals surface area contributed by atoms with Crippen molar-refractivity contribution in [2.75, 3.05) is 6.61 Å². The number of hydrogen-bond donors (Lipinski definition) is 0. The molecule has 0 aromatic carbocycles. The lowest BCUT2D eigenvalue weighted by atomic mass is 10.0. The quantitative estimate of drug-likeness (QED) is 0.669. The Kier molecular flexibility index (Phi) is 2.64. The van der Waals surface area contributed by atoms with Crippen LogP contribution in [-0.2, 0) is 4.74 Å². The highest BCUT2D eigenvalue weighted by Crippen LogP contribution is 2.27. The van der Waals surface area contributed by atoms with Crippen LogP contribution in [0.1, 0.15) is 37.2 Å². The molecule has 1 aliphatic rings. The van der Waals surface area contributed by atoms with Crippen LogP contribution >= 0.6 is 0 Å². The Bertz CT molecular complexity index is 297. The van der Waals surface area contributed by atoms with Gasteiger partial charge in [-0.3, -0.25) is 0 Å². The lowest BCUT2D eigenvalue weighted by molar-refractivity contribution is 0.00535. The minimum absolute atomic E-state index is 0.412. The van der Waals surface area contributed by atoms with Gasteiger partial charge in [0.1, 0.15) is 0 Å². The van der Waals surface area contributed by atoms with Gasteiger partial charge in [-0.2, -0.15) is 0 Å². The van der Waals surface area contributed by atoms with E-state index in [0.29, 0.717) is 12.1 Å². The highest BCUT2D eigenvalue weighted by atomic mass is 16.5. The van der Waals surface area contributed by atoms with Crippen LogP contribution in [0.25, 0.3) is 0 Å². The van der Waals surface area contributed by atoms with Crippen LogP contribution in [0, 0.1) is 13.8 Å². The summed E-state index contributed by atoms with van der Waals surface area (Å²) in [6, 6.07) is 5.05. The summed E-state index contributed by atoms with van der Waals surface area (Å²) in [4.78, 5) is 0. The molecule has 2 unspecified atom stereocenters. The molecule has 1 saturated heterocycles. The van der Waals surface area contributed by atoms with Gasteiger partial charge in [-0.25, -0.2) is 0 Å². The highest BCUT2D eigenvalue weighted by molar-refractivity contribution is 5.15. The van der Waals surface area contributed by atoms with Crippen molar-refractivity contribution in [2.24, 2.45) is 0 Å². The molecule has 2 rings (SSSR count). The Balaban J connectivity index is 2.21. The van der Waals surface area contributed by atoms with Gasteiger partial charge in [0, 0.05) is 24.0 Å². The van der Waals surface area contributed by atoms with E-state index in [1.165, 1.54) is 11.4 Å². The summed E-state index contributed by atoms with van der Waals surface area (Å²) in [5, 5.41) is 0. The molecule has 0 bridgehead atoms. The van der Waals surface area contributed by atoms with Crippen LogP contribution in [0.2, 0.25) is 0 Å². The summed E-state index contributed by atoms with van der Waals surface area (Å²) in [5.74, 6) is 0. The van der Waals surface area contributed by atoms with Crippen molar-refractivity contribution in [2.45, 2.75) is 45.8 Å². The van der Waals surface area contributed by atoms with Crippen molar-refractivity contribution in [1.29, 1.82) is 0 Å². The molecular weight excluding hydrogens is 174 g/mol. The minimum Gasteiger partial charge on any atom is -0.378 e. The SMILES string of the molecule is Cc1ccc(C)n1C1CCOC(C)C1. The third-order valence-electron chi connectivity index (χ3n) is 3.15. The maximum absolute atomic E-state index is 5.57. The summed E-state index contributed by atoms with van der Waals surface area (Å²) < 4.78 is 8.03. The molecule has 0 spiro atoms. The van der Waals surface area contributed by atoms with Crippen LogP contribution in [0.3, 0.4) is 0 Å². The standard InChI is InChI=1S/C12H19NO/c1-9-4-5-10(2)13(9)12-6-7-14-11(3)8-12/h4-5,11-12H,6-8H2,1-3H3. The average Bonchev–Trinajstić information content (AvgIpc) is 2.46. The maximum atomic E-state index is 5.57. The molecule has 0 aliphatic carbocycles. The molecular formula is C12H19NO. The topological polar surface area (TPSA) is 14.2 Å². The number of ether oxygens (including phenoxy) is 1. The average molecular weight is 193 g/mol.